The average Bonchev–Trinajstić information content (AvgIpc) is 3.26. The molecule has 0 atom stereocenters. The molecule has 2 N–H and O–H groups in total. The topological polar surface area (TPSA) is 93.2 Å². The van der Waals surface area contributed by atoms with E-state index in [1.54, 1.807) is 23.0 Å². The number of hydrogen-bond acceptors (Lipinski definition) is 5. The second-order valence-corrected chi connectivity index (χ2v) is 5.95. The van der Waals surface area contributed by atoms with Gasteiger partial charge in [-0.2, -0.15) is 10.1 Å². The molecule has 9 heteroatoms. The number of halogens is 1. The van der Waals surface area contributed by atoms with Gasteiger partial charge >= 0.3 is 0 Å². The first-order valence-corrected chi connectivity index (χ1v) is 8.61. The fraction of sp³-hybridized carbons (Fsp3) is 0.294. The summed E-state index contributed by atoms with van der Waals surface area (Å²) in [7, 11) is 1.89. The second-order valence-electron chi connectivity index (χ2n) is 5.52. The third-order valence-electron chi connectivity index (χ3n) is 3.62. The quantitative estimate of drug-likeness (QED) is 0.509. The van der Waals surface area contributed by atoms with E-state index in [-0.39, 0.29) is 0 Å². The van der Waals surface area contributed by atoms with Crippen LogP contribution in [0.15, 0.2) is 46.0 Å². The zero-order chi connectivity index (χ0) is 18.4. The number of hydrogen-bond donors (Lipinski definition) is 2. The lowest BCUT2D eigenvalue weighted by molar-refractivity contribution is 0.375. The number of nitrogens with one attached hydrogen (secondary N) is 2. The monoisotopic (exact) mass is 373 g/mol. The number of rotatable bonds is 6. The highest BCUT2D eigenvalue weighted by atomic mass is 35.5. The summed E-state index contributed by atoms with van der Waals surface area (Å²) >= 11 is 6.00. The molecule has 0 saturated carbocycles. The highest BCUT2D eigenvalue weighted by Gasteiger charge is 2.09. The minimum absolute atomic E-state index is 0.366. The molecule has 1 aromatic carbocycles. The molecular weight excluding hydrogens is 354 g/mol. The second kappa shape index (κ2) is 8.48. The summed E-state index contributed by atoms with van der Waals surface area (Å²) in [5.41, 5.74) is 1.83. The zero-order valence-electron chi connectivity index (χ0n) is 14.6. The number of aliphatic imine (C=N–C) groups is 1. The Kier molecular flexibility index (Phi) is 5.85. The summed E-state index contributed by atoms with van der Waals surface area (Å²) in [6.45, 7) is 3.63. The van der Waals surface area contributed by atoms with Crippen molar-refractivity contribution in [3.05, 3.63) is 53.1 Å². The molecule has 0 aliphatic carbocycles. The third-order valence-corrected chi connectivity index (χ3v) is 3.86. The van der Waals surface area contributed by atoms with E-state index in [0.717, 1.165) is 17.8 Å². The largest absolute Gasteiger partial charge is 0.357 e. The van der Waals surface area contributed by atoms with Crippen molar-refractivity contribution in [2.75, 3.05) is 6.54 Å². The van der Waals surface area contributed by atoms with Gasteiger partial charge in [-0.05, 0) is 25.1 Å². The normalized spacial score (nSPS) is 11.6. The van der Waals surface area contributed by atoms with Crippen LogP contribution in [-0.2, 0) is 20.1 Å². The van der Waals surface area contributed by atoms with Crippen molar-refractivity contribution in [3.63, 3.8) is 0 Å². The van der Waals surface area contributed by atoms with Gasteiger partial charge in [0.25, 0.3) is 0 Å². The minimum Gasteiger partial charge on any atom is -0.357 e. The van der Waals surface area contributed by atoms with Gasteiger partial charge in [0.2, 0.25) is 11.7 Å². The van der Waals surface area contributed by atoms with Crippen LogP contribution < -0.4 is 10.6 Å². The van der Waals surface area contributed by atoms with E-state index in [9.17, 15) is 0 Å². The number of aromatic nitrogens is 4. The van der Waals surface area contributed by atoms with Crippen LogP contribution in [0, 0.1) is 0 Å². The zero-order valence-corrected chi connectivity index (χ0v) is 15.4. The summed E-state index contributed by atoms with van der Waals surface area (Å²) in [4.78, 5) is 8.92. The van der Waals surface area contributed by atoms with Gasteiger partial charge in [-0.25, -0.2) is 4.99 Å². The summed E-state index contributed by atoms with van der Waals surface area (Å²) in [5, 5.41) is 15.1. The first-order valence-electron chi connectivity index (χ1n) is 8.23. The molecule has 26 heavy (non-hydrogen) atoms. The predicted octanol–water partition coefficient (Wildman–Crippen LogP) is 2.38. The Balaban J connectivity index is 1.63. The molecule has 0 spiro atoms. The summed E-state index contributed by atoms with van der Waals surface area (Å²) in [5.74, 6) is 1.63. The lowest BCUT2D eigenvalue weighted by atomic mass is 10.2. The van der Waals surface area contributed by atoms with E-state index in [2.05, 4.69) is 30.9 Å². The smallest absolute Gasteiger partial charge is 0.246 e. The molecular formula is C17H20ClN7O. The van der Waals surface area contributed by atoms with Crippen LogP contribution in [0.2, 0.25) is 5.02 Å². The lowest BCUT2D eigenvalue weighted by Crippen LogP contribution is -2.36. The lowest BCUT2D eigenvalue weighted by Gasteiger charge is -2.09. The number of benzene rings is 1. The first kappa shape index (κ1) is 17.9. The van der Waals surface area contributed by atoms with E-state index in [1.807, 2.05) is 32.2 Å². The van der Waals surface area contributed by atoms with Crippen molar-refractivity contribution in [2.45, 2.75) is 20.0 Å². The van der Waals surface area contributed by atoms with Crippen molar-refractivity contribution in [3.8, 4) is 11.4 Å². The third kappa shape index (κ3) is 4.60. The van der Waals surface area contributed by atoms with Crippen LogP contribution in [0.5, 0.6) is 0 Å². The maximum atomic E-state index is 6.00. The van der Waals surface area contributed by atoms with Crippen LogP contribution >= 0.6 is 11.6 Å². The van der Waals surface area contributed by atoms with Crippen LogP contribution in [0.4, 0.5) is 0 Å². The van der Waals surface area contributed by atoms with Crippen molar-refractivity contribution in [2.24, 2.45) is 12.0 Å². The Hall–Kier alpha value is -2.87. The highest BCUT2D eigenvalue weighted by Crippen LogP contribution is 2.19. The Morgan fingerprint density at radius 2 is 2.19 bits per heavy atom. The molecule has 0 unspecified atom stereocenters. The van der Waals surface area contributed by atoms with Crippen molar-refractivity contribution in [1.82, 2.24) is 30.6 Å². The number of guanidine groups is 1. The molecule has 8 nitrogen and oxygen atoms in total. The van der Waals surface area contributed by atoms with Crippen LogP contribution in [-0.4, -0.2) is 32.4 Å². The van der Waals surface area contributed by atoms with Gasteiger partial charge in [-0.15, -0.1) is 0 Å². The molecule has 0 aliphatic heterocycles. The molecule has 136 valence electrons. The Bertz CT molecular complexity index is 887. The fourth-order valence-electron chi connectivity index (χ4n) is 2.29. The molecule has 0 saturated heterocycles. The molecule has 0 radical (unpaired) electrons. The molecule has 0 fully saturated rings. The maximum Gasteiger partial charge on any atom is 0.246 e. The average molecular weight is 374 g/mol. The molecule has 0 aliphatic rings. The first-order chi connectivity index (χ1) is 12.7. The standard InChI is InChI=1S/C17H20ClN7O/c1-3-19-17(20-10-14-7-8-22-25(14)2)21-11-15-23-16(24-26-15)12-5-4-6-13(18)9-12/h4-9H,3,10-11H2,1-2H3,(H2,19,20,21). The van der Waals surface area contributed by atoms with E-state index >= 15 is 0 Å². The number of aryl methyl sites for hydroxylation is 1. The van der Waals surface area contributed by atoms with E-state index in [4.69, 9.17) is 16.1 Å². The Morgan fingerprint density at radius 3 is 2.92 bits per heavy atom. The van der Waals surface area contributed by atoms with Crippen molar-refractivity contribution in [1.29, 1.82) is 0 Å². The van der Waals surface area contributed by atoms with Gasteiger partial charge in [-0.3, -0.25) is 4.68 Å². The summed E-state index contributed by atoms with van der Waals surface area (Å²) in [6.07, 6.45) is 1.75. The van der Waals surface area contributed by atoms with Gasteiger partial charge in [-0.1, -0.05) is 28.9 Å². The molecule has 3 rings (SSSR count). The molecule has 3 aromatic rings. The maximum absolute atomic E-state index is 6.00. The van der Waals surface area contributed by atoms with Crippen LogP contribution in [0.25, 0.3) is 11.4 Å². The summed E-state index contributed by atoms with van der Waals surface area (Å²) in [6, 6.07) is 9.26. The molecule has 0 bridgehead atoms. The fourth-order valence-corrected chi connectivity index (χ4v) is 2.48. The van der Waals surface area contributed by atoms with Gasteiger partial charge in [0, 0.05) is 30.4 Å². The molecule has 0 amide bonds. The highest BCUT2D eigenvalue weighted by molar-refractivity contribution is 6.30. The van der Waals surface area contributed by atoms with Crippen molar-refractivity contribution < 1.29 is 4.52 Å². The Labute approximate surface area is 156 Å². The molecule has 2 aromatic heterocycles. The minimum atomic E-state index is 0.366. The Morgan fingerprint density at radius 1 is 1.31 bits per heavy atom. The van der Waals surface area contributed by atoms with Gasteiger partial charge < -0.3 is 15.2 Å². The van der Waals surface area contributed by atoms with Crippen LogP contribution in [0.1, 0.15) is 18.5 Å². The van der Waals surface area contributed by atoms with Crippen molar-refractivity contribution >= 4 is 17.6 Å². The van der Waals surface area contributed by atoms with Gasteiger partial charge in [0.15, 0.2) is 5.96 Å². The number of nitrogens with zero attached hydrogens (tertiary/aromatic N) is 5. The SMILES string of the molecule is CCNC(=NCc1ccnn1C)NCc1nc(-c2cccc(Cl)c2)no1. The van der Waals surface area contributed by atoms with E-state index in [0.29, 0.717) is 35.8 Å². The van der Waals surface area contributed by atoms with Gasteiger partial charge in [0.1, 0.15) is 0 Å². The van der Waals surface area contributed by atoms with E-state index in [1.165, 1.54) is 0 Å². The predicted molar refractivity (Wildman–Crippen MR) is 99.6 cm³/mol. The summed E-state index contributed by atoms with van der Waals surface area (Å²) < 4.78 is 7.09. The van der Waals surface area contributed by atoms with E-state index < -0.39 is 0 Å². The molecule has 2 heterocycles. The van der Waals surface area contributed by atoms with Gasteiger partial charge in [0.05, 0.1) is 18.8 Å². The van der Waals surface area contributed by atoms with Crippen LogP contribution in [0.3, 0.4) is 0 Å².